The molecule has 0 radical (unpaired) electrons. The lowest BCUT2D eigenvalue weighted by Crippen LogP contribution is -2.19. The van der Waals surface area contributed by atoms with Gasteiger partial charge in [0.15, 0.2) is 11.0 Å². The summed E-state index contributed by atoms with van der Waals surface area (Å²) in [6.07, 6.45) is 1.39. The van der Waals surface area contributed by atoms with Crippen LogP contribution in [0.1, 0.15) is 5.56 Å². The molecule has 0 saturated heterocycles. The van der Waals surface area contributed by atoms with Gasteiger partial charge in [-0.2, -0.15) is 5.10 Å². The van der Waals surface area contributed by atoms with E-state index < -0.39 is 0 Å². The van der Waals surface area contributed by atoms with Crippen molar-refractivity contribution in [3.63, 3.8) is 0 Å². The predicted molar refractivity (Wildman–Crippen MR) is 106 cm³/mol. The number of carbonyl (C=O) groups excluding carboxylic acids is 1. The van der Waals surface area contributed by atoms with Crippen LogP contribution in [0.2, 0.25) is 5.02 Å². The third-order valence-corrected chi connectivity index (χ3v) is 4.87. The molecule has 138 valence electrons. The van der Waals surface area contributed by atoms with E-state index >= 15 is 0 Å². The number of halogens is 1. The summed E-state index contributed by atoms with van der Waals surface area (Å²) in [6.45, 7) is 0. The maximum Gasteiger partial charge on any atom is 0.250 e. The Morgan fingerprint density at radius 2 is 2.00 bits per heavy atom. The number of benzene rings is 2. The van der Waals surface area contributed by atoms with Gasteiger partial charge in [-0.15, -0.1) is 10.2 Å². The zero-order chi connectivity index (χ0) is 19.2. The molecule has 0 unspecified atom stereocenters. The molecule has 0 fully saturated rings. The molecule has 3 aromatic rings. The van der Waals surface area contributed by atoms with Crippen LogP contribution in [0.4, 0.5) is 0 Å². The highest BCUT2D eigenvalue weighted by Gasteiger charge is 2.12. The van der Waals surface area contributed by atoms with Gasteiger partial charge in [0, 0.05) is 23.2 Å². The van der Waals surface area contributed by atoms with Crippen molar-refractivity contribution in [2.45, 2.75) is 5.16 Å². The van der Waals surface area contributed by atoms with E-state index in [1.54, 1.807) is 36.4 Å². The molecule has 2 aromatic carbocycles. The zero-order valence-electron chi connectivity index (χ0n) is 14.3. The van der Waals surface area contributed by atoms with E-state index in [2.05, 4.69) is 20.7 Å². The quantitative estimate of drug-likeness (QED) is 0.376. The van der Waals surface area contributed by atoms with Crippen LogP contribution in [0.3, 0.4) is 0 Å². The Bertz CT molecular complexity index is 972. The van der Waals surface area contributed by atoms with E-state index in [1.165, 1.54) is 18.0 Å². The molecule has 1 aromatic heterocycles. The van der Waals surface area contributed by atoms with Crippen LogP contribution in [0, 0.1) is 0 Å². The molecule has 0 bridgehead atoms. The van der Waals surface area contributed by atoms with Crippen LogP contribution in [-0.2, 0) is 11.8 Å². The molecule has 2 N–H and O–H groups in total. The molecule has 27 heavy (non-hydrogen) atoms. The first-order valence-electron chi connectivity index (χ1n) is 7.92. The van der Waals surface area contributed by atoms with Crippen LogP contribution in [-0.4, -0.2) is 37.7 Å². The fourth-order valence-corrected chi connectivity index (χ4v) is 3.05. The number of amides is 1. The molecule has 0 aliphatic heterocycles. The van der Waals surface area contributed by atoms with Crippen molar-refractivity contribution in [1.82, 2.24) is 20.2 Å². The first kappa shape index (κ1) is 18.9. The molecule has 9 heteroatoms. The largest absolute Gasteiger partial charge is 0.507 e. The summed E-state index contributed by atoms with van der Waals surface area (Å²) in [4.78, 5) is 11.9. The highest BCUT2D eigenvalue weighted by molar-refractivity contribution is 7.99. The summed E-state index contributed by atoms with van der Waals surface area (Å²) in [7, 11) is 1.83. The number of rotatable bonds is 6. The van der Waals surface area contributed by atoms with Gasteiger partial charge < -0.3 is 9.67 Å². The second-order valence-electron chi connectivity index (χ2n) is 5.51. The molecular formula is C18H16ClN5O2S. The molecule has 0 saturated carbocycles. The summed E-state index contributed by atoms with van der Waals surface area (Å²) >= 11 is 7.15. The number of thioether (sulfide) groups is 1. The number of hydrogen-bond donors (Lipinski definition) is 2. The molecular weight excluding hydrogens is 386 g/mol. The number of phenols is 1. The fourth-order valence-electron chi connectivity index (χ4n) is 2.22. The van der Waals surface area contributed by atoms with E-state index in [9.17, 15) is 9.90 Å². The van der Waals surface area contributed by atoms with Gasteiger partial charge >= 0.3 is 0 Å². The van der Waals surface area contributed by atoms with Gasteiger partial charge in [-0.1, -0.05) is 35.5 Å². The Balaban J connectivity index is 1.56. The molecule has 1 heterocycles. The van der Waals surface area contributed by atoms with Crippen LogP contribution < -0.4 is 5.43 Å². The van der Waals surface area contributed by atoms with Crippen LogP contribution >= 0.6 is 23.4 Å². The summed E-state index contributed by atoms with van der Waals surface area (Å²) in [5.74, 6) is 0.624. The third-order valence-electron chi connectivity index (χ3n) is 3.60. The number of para-hydroxylation sites is 1. The van der Waals surface area contributed by atoms with Crippen molar-refractivity contribution >= 4 is 35.5 Å². The number of hydrogen-bond acceptors (Lipinski definition) is 6. The van der Waals surface area contributed by atoms with E-state index in [0.717, 1.165) is 5.56 Å². The molecule has 0 aliphatic rings. The molecule has 7 nitrogen and oxygen atoms in total. The number of aromatic hydroxyl groups is 1. The van der Waals surface area contributed by atoms with E-state index in [0.29, 0.717) is 21.6 Å². The first-order valence-corrected chi connectivity index (χ1v) is 9.29. The predicted octanol–water partition coefficient (Wildman–Crippen LogP) is 3.08. The van der Waals surface area contributed by atoms with Crippen molar-refractivity contribution in [3.05, 3.63) is 59.1 Å². The lowest BCUT2D eigenvalue weighted by molar-refractivity contribution is -0.118. The summed E-state index contributed by atoms with van der Waals surface area (Å²) in [6, 6.07) is 14.0. The van der Waals surface area contributed by atoms with Crippen molar-refractivity contribution in [2.24, 2.45) is 12.1 Å². The Hall–Kier alpha value is -2.84. The highest BCUT2D eigenvalue weighted by Crippen LogP contribution is 2.23. The van der Waals surface area contributed by atoms with E-state index in [-0.39, 0.29) is 17.4 Å². The second-order valence-corrected chi connectivity index (χ2v) is 6.89. The Kier molecular flexibility index (Phi) is 6.10. The van der Waals surface area contributed by atoms with Gasteiger partial charge in [-0.25, -0.2) is 5.43 Å². The second kappa shape index (κ2) is 8.70. The SMILES string of the molecule is Cn1c(SCC(=O)N/N=C\c2ccccc2O)nnc1-c1ccc(Cl)cc1. The van der Waals surface area contributed by atoms with Crippen molar-refractivity contribution in [2.75, 3.05) is 5.75 Å². The van der Waals surface area contributed by atoms with Gasteiger partial charge in [-0.05, 0) is 36.4 Å². The molecule has 0 spiro atoms. The van der Waals surface area contributed by atoms with Crippen LogP contribution in [0.5, 0.6) is 5.75 Å². The van der Waals surface area contributed by atoms with Crippen molar-refractivity contribution in [3.8, 4) is 17.1 Å². The standard InChI is InChI=1S/C18H16ClN5O2S/c1-24-17(12-6-8-14(19)9-7-12)22-23-18(24)27-11-16(26)21-20-10-13-4-2-3-5-15(13)25/h2-10,25H,11H2,1H3,(H,21,26)/b20-10-. The van der Waals surface area contributed by atoms with E-state index in [4.69, 9.17) is 11.6 Å². The number of carbonyl (C=O) groups is 1. The van der Waals surface area contributed by atoms with Gasteiger partial charge in [0.2, 0.25) is 0 Å². The first-order chi connectivity index (χ1) is 13.0. The topological polar surface area (TPSA) is 92.4 Å². The minimum Gasteiger partial charge on any atom is -0.507 e. The maximum absolute atomic E-state index is 11.9. The smallest absolute Gasteiger partial charge is 0.250 e. The Labute approximate surface area is 165 Å². The summed E-state index contributed by atoms with van der Waals surface area (Å²) < 4.78 is 1.81. The van der Waals surface area contributed by atoms with E-state index in [1.807, 2.05) is 23.7 Å². The molecule has 0 aliphatic carbocycles. The molecule has 0 atom stereocenters. The van der Waals surface area contributed by atoms with Gasteiger partial charge in [0.1, 0.15) is 5.75 Å². The number of phenolic OH excluding ortho intramolecular Hbond substituents is 1. The lowest BCUT2D eigenvalue weighted by Gasteiger charge is -2.04. The van der Waals surface area contributed by atoms with Crippen molar-refractivity contribution < 1.29 is 9.90 Å². The Morgan fingerprint density at radius 1 is 1.26 bits per heavy atom. The monoisotopic (exact) mass is 401 g/mol. The number of nitrogens with one attached hydrogen (secondary N) is 1. The highest BCUT2D eigenvalue weighted by atomic mass is 35.5. The summed E-state index contributed by atoms with van der Waals surface area (Å²) in [5, 5.41) is 23.0. The fraction of sp³-hybridized carbons (Fsp3) is 0.111. The number of aromatic nitrogens is 3. The average molecular weight is 402 g/mol. The molecule has 1 amide bonds. The van der Waals surface area contributed by atoms with Crippen LogP contribution in [0.25, 0.3) is 11.4 Å². The number of hydrazone groups is 1. The van der Waals surface area contributed by atoms with Gasteiger partial charge in [0.25, 0.3) is 5.91 Å². The maximum atomic E-state index is 11.9. The van der Waals surface area contributed by atoms with Gasteiger partial charge in [-0.3, -0.25) is 4.79 Å². The normalized spacial score (nSPS) is 11.0. The van der Waals surface area contributed by atoms with Crippen molar-refractivity contribution in [1.29, 1.82) is 0 Å². The number of nitrogens with zero attached hydrogens (tertiary/aromatic N) is 4. The van der Waals surface area contributed by atoms with Gasteiger partial charge in [0.05, 0.1) is 12.0 Å². The summed E-state index contributed by atoms with van der Waals surface area (Å²) in [5.41, 5.74) is 3.83. The minimum absolute atomic E-state index is 0.0960. The molecule has 3 rings (SSSR count). The zero-order valence-corrected chi connectivity index (χ0v) is 15.9. The Morgan fingerprint density at radius 3 is 2.74 bits per heavy atom. The van der Waals surface area contributed by atoms with Crippen LogP contribution in [0.15, 0.2) is 58.8 Å². The lowest BCUT2D eigenvalue weighted by atomic mass is 10.2. The average Bonchev–Trinajstić information content (AvgIpc) is 3.03. The third kappa shape index (κ3) is 4.87. The minimum atomic E-state index is -0.289.